The van der Waals surface area contributed by atoms with Gasteiger partial charge >= 0.3 is 0 Å². The van der Waals surface area contributed by atoms with Gasteiger partial charge in [-0.05, 0) is 37.4 Å². The average molecular weight is 276 g/mol. The van der Waals surface area contributed by atoms with Crippen LogP contribution in [0.2, 0.25) is 0 Å². The number of rotatable bonds is 6. The van der Waals surface area contributed by atoms with Gasteiger partial charge in [0.2, 0.25) is 5.91 Å². The summed E-state index contributed by atoms with van der Waals surface area (Å²) in [5.74, 6) is 0.749. The summed E-state index contributed by atoms with van der Waals surface area (Å²) in [6.07, 6.45) is 4.96. The van der Waals surface area contributed by atoms with Crippen molar-refractivity contribution in [2.24, 2.45) is 11.7 Å². The smallest absolute Gasteiger partial charge is 0.221 e. The van der Waals surface area contributed by atoms with Crippen molar-refractivity contribution < 1.29 is 4.79 Å². The summed E-state index contributed by atoms with van der Waals surface area (Å²) in [6, 6.07) is 4.11. The quantitative estimate of drug-likeness (QED) is 0.828. The van der Waals surface area contributed by atoms with E-state index in [1.807, 2.05) is 12.3 Å². The van der Waals surface area contributed by atoms with Crippen LogP contribution >= 0.6 is 0 Å². The van der Waals surface area contributed by atoms with Crippen molar-refractivity contribution in [2.75, 3.05) is 25.0 Å². The van der Waals surface area contributed by atoms with Gasteiger partial charge in [0, 0.05) is 25.8 Å². The molecule has 110 valence electrons. The van der Waals surface area contributed by atoms with Gasteiger partial charge in [-0.15, -0.1) is 0 Å². The van der Waals surface area contributed by atoms with E-state index in [1.165, 1.54) is 5.56 Å². The molecule has 1 aliphatic heterocycles. The first-order valence-corrected chi connectivity index (χ1v) is 7.39. The van der Waals surface area contributed by atoms with Crippen LogP contribution in [-0.2, 0) is 11.3 Å². The fourth-order valence-corrected chi connectivity index (χ4v) is 2.57. The van der Waals surface area contributed by atoms with Crippen molar-refractivity contribution in [3.05, 3.63) is 23.9 Å². The Bertz CT molecular complexity index is 432. The third kappa shape index (κ3) is 4.20. The molecular formula is C15H24N4O. The topological polar surface area (TPSA) is 71.2 Å². The van der Waals surface area contributed by atoms with Crippen LogP contribution in [0.5, 0.6) is 0 Å². The fraction of sp³-hybridized carbons (Fsp3) is 0.600. The van der Waals surface area contributed by atoms with E-state index < -0.39 is 0 Å². The van der Waals surface area contributed by atoms with Crippen LogP contribution in [0.25, 0.3) is 0 Å². The Kier molecular flexibility index (Phi) is 5.35. The minimum atomic E-state index is -0.174. The average Bonchev–Trinajstić information content (AvgIpc) is 2.47. The molecule has 0 bridgehead atoms. The van der Waals surface area contributed by atoms with E-state index in [4.69, 9.17) is 5.73 Å². The number of primary amides is 1. The molecule has 1 unspecified atom stereocenters. The normalized spacial score (nSPS) is 19.8. The second-order valence-corrected chi connectivity index (χ2v) is 5.46. The van der Waals surface area contributed by atoms with E-state index in [0.717, 1.165) is 51.3 Å². The Morgan fingerprint density at radius 1 is 1.55 bits per heavy atom. The highest BCUT2D eigenvalue weighted by atomic mass is 16.1. The third-order valence-electron chi connectivity index (χ3n) is 3.69. The van der Waals surface area contributed by atoms with Crippen LogP contribution in [-0.4, -0.2) is 35.4 Å². The molecule has 1 aliphatic rings. The highest BCUT2D eigenvalue weighted by Crippen LogP contribution is 2.18. The number of carbonyl (C=O) groups is 1. The second kappa shape index (κ2) is 7.24. The van der Waals surface area contributed by atoms with E-state index >= 15 is 0 Å². The van der Waals surface area contributed by atoms with Crippen molar-refractivity contribution in [3.63, 3.8) is 0 Å². The van der Waals surface area contributed by atoms with Crippen molar-refractivity contribution in [1.29, 1.82) is 0 Å². The lowest BCUT2D eigenvalue weighted by atomic mass is 9.97. The molecule has 1 fully saturated rings. The number of nitrogens with two attached hydrogens (primary N) is 1. The molecule has 0 aliphatic carbocycles. The molecule has 1 atom stereocenters. The zero-order valence-electron chi connectivity index (χ0n) is 12.1. The van der Waals surface area contributed by atoms with Gasteiger partial charge in [-0.2, -0.15) is 0 Å². The molecule has 0 spiro atoms. The number of likely N-dealkylation sites (tertiary alicyclic amines) is 1. The van der Waals surface area contributed by atoms with Crippen molar-refractivity contribution in [2.45, 2.75) is 32.7 Å². The van der Waals surface area contributed by atoms with Gasteiger partial charge in [0.15, 0.2) is 0 Å². The maximum Gasteiger partial charge on any atom is 0.221 e. The first-order chi connectivity index (χ1) is 9.69. The lowest BCUT2D eigenvalue weighted by Gasteiger charge is -2.31. The summed E-state index contributed by atoms with van der Waals surface area (Å²) >= 11 is 0. The number of hydrogen-bond donors (Lipinski definition) is 2. The number of nitrogens with one attached hydrogen (secondary N) is 1. The molecule has 5 heteroatoms. The minimum absolute atomic E-state index is 0.00204. The fourth-order valence-electron chi connectivity index (χ4n) is 2.57. The Balaban J connectivity index is 1.87. The number of pyridine rings is 1. The molecule has 0 saturated carbocycles. The lowest BCUT2D eigenvalue weighted by Crippen LogP contribution is -2.40. The largest absolute Gasteiger partial charge is 0.370 e. The number of aromatic nitrogens is 1. The number of hydrogen-bond acceptors (Lipinski definition) is 4. The van der Waals surface area contributed by atoms with Gasteiger partial charge in [-0.25, -0.2) is 4.98 Å². The second-order valence-electron chi connectivity index (χ2n) is 5.46. The summed E-state index contributed by atoms with van der Waals surface area (Å²) in [5.41, 5.74) is 6.58. The highest BCUT2D eigenvalue weighted by Gasteiger charge is 2.23. The molecular weight excluding hydrogens is 252 g/mol. The SMILES string of the molecule is CCCNc1ccc(CN2CCCC(C(N)=O)C2)cn1. The van der Waals surface area contributed by atoms with Crippen molar-refractivity contribution in [3.8, 4) is 0 Å². The van der Waals surface area contributed by atoms with Gasteiger partial charge < -0.3 is 11.1 Å². The lowest BCUT2D eigenvalue weighted by molar-refractivity contribution is -0.123. The summed E-state index contributed by atoms with van der Waals surface area (Å²) in [6.45, 7) is 5.71. The summed E-state index contributed by atoms with van der Waals surface area (Å²) in [4.78, 5) is 18.0. The third-order valence-corrected chi connectivity index (χ3v) is 3.69. The predicted octanol–water partition coefficient (Wildman–Crippen LogP) is 1.60. The maximum atomic E-state index is 11.3. The number of amides is 1. The van der Waals surface area contributed by atoms with Crippen LogP contribution in [0, 0.1) is 5.92 Å². The Morgan fingerprint density at radius 2 is 2.40 bits per heavy atom. The number of carbonyl (C=O) groups excluding carboxylic acids is 1. The van der Waals surface area contributed by atoms with Crippen LogP contribution < -0.4 is 11.1 Å². The van der Waals surface area contributed by atoms with E-state index in [2.05, 4.69) is 28.2 Å². The number of nitrogens with zero attached hydrogens (tertiary/aromatic N) is 2. The van der Waals surface area contributed by atoms with E-state index in [1.54, 1.807) is 0 Å². The standard InChI is InChI=1S/C15H24N4O/c1-2-7-17-14-6-5-12(9-18-14)10-19-8-3-4-13(11-19)15(16)20/h5-6,9,13H,2-4,7-8,10-11H2,1H3,(H2,16,20)(H,17,18). The predicted molar refractivity (Wildman–Crippen MR) is 80.2 cm³/mol. The van der Waals surface area contributed by atoms with Gasteiger partial charge in [-0.3, -0.25) is 9.69 Å². The van der Waals surface area contributed by atoms with Crippen LogP contribution in [0.15, 0.2) is 18.3 Å². The summed E-state index contributed by atoms with van der Waals surface area (Å²) in [5, 5.41) is 3.26. The molecule has 2 heterocycles. The van der Waals surface area contributed by atoms with Gasteiger partial charge in [0.1, 0.15) is 5.82 Å². The van der Waals surface area contributed by atoms with E-state index in [9.17, 15) is 4.79 Å². The van der Waals surface area contributed by atoms with E-state index in [0.29, 0.717) is 0 Å². The number of piperidine rings is 1. The zero-order chi connectivity index (χ0) is 14.4. The molecule has 2 rings (SSSR count). The van der Waals surface area contributed by atoms with Crippen LogP contribution in [0.3, 0.4) is 0 Å². The zero-order valence-corrected chi connectivity index (χ0v) is 12.1. The molecule has 0 radical (unpaired) electrons. The van der Waals surface area contributed by atoms with Crippen LogP contribution in [0.4, 0.5) is 5.82 Å². The van der Waals surface area contributed by atoms with Gasteiger partial charge in [0.25, 0.3) is 0 Å². The Hall–Kier alpha value is -1.62. The Labute approximate surface area is 120 Å². The molecule has 3 N–H and O–H groups in total. The summed E-state index contributed by atoms with van der Waals surface area (Å²) in [7, 11) is 0. The molecule has 1 saturated heterocycles. The monoisotopic (exact) mass is 276 g/mol. The van der Waals surface area contributed by atoms with Crippen LogP contribution in [0.1, 0.15) is 31.7 Å². The number of anilines is 1. The van der Waals surface area contributed by atoms with Crippen molar-refractivity contribution >= 4 is 11.7 Å². The van der Waals surface area contributed by atoms with E-state index in [-0.39, 0.29) is 11.8 Å². The maximum absolute atomic E-state index is 11.3. The Morgan fingerprint density at radius 3 is 3.05 bits per heavy atom. The first-order valence-electron chi connectivity index (χ1n) is 7.39. The summed E-state index contributed by atoms with van der Waals surface area (Å²) < 4.78 is 0. The molecule has 1 amide bonds. The molecule has 1 aromatic heterocycles. The minimum Gasteiger partial charge on any atom is -0.370 e. The molecule has 5 nitrogen and oxygen atoms in total. The molecule has 20 heavy (non-hydrogen) atoms. The molecule has 0 aromatic carbocycles. The highest BCUT2D eigenvalue weighted by molar-refractivity contribution is 5.76. The first kappa shape index (κ1) is 14.8. The molecule has 1 aromatic rings. The van der Waals surface area contributed by atoms with Crippen molar-refractivity contribution in [1.82, 2.24) is 9.88 Å². The van der Waals surface area contributed by atoms with Gasteiger partial charge in [0.05, 0.1) is 5.92 Å². The van der Waals surface area contributed by atoms with Gasteiger partial charge in [-0.1, -0.05) is 13.0 Å².